The number of carbonyl (C=O) groups excluding carboxylic acids is 1. The normalized spacial score (nSPS) is 19.1. The van der Waals surface area contributed by atoms with Crippen molar-refractivity contribution in [3.8, 4) is 0 Å². The van der Waals surface area contributed by atoms with E-state index in [1.807, 2.05) is 24.0 Å². The SMILES string of the molecule is Cc1ccc(F)c(N2CCCC(NC(=O)NCc3ccnc(N4CCCC4)c3)C2)c1. The molecule has 2 amide bonds. The largest absolute Gasteiger partial charge is 0.367 e. The minimum atomic E-state index is -0.211. The number of benzene rings is 1. The zero-order valence-corrected chi connectivity index (χ0v) is 17.5. The second kappa shape index (κ2) is 9.32. The minimum absolute atomic E-state index is 0.00346. The van der Waals surface area contributed by atoms with Crippen molar-refractivity contribution in [2.45, 2.75) is 45.2 Å². The maximum atomic E-state index is 14.2. The predicted octanol–water partition coefficient (Wildman–Crippen LogP) is 3.60. The van der Waals surface area contributed by atoms with E-state index in [-0.39, 0.29) is 17.9 Å². The Hall–Kier alpha value is -2.83. The van der Waals surface area contributed by atoms with Crippen LogP contribution >= 0.6 is 0 Å². The first-order valence-corrected chi connectivity index (χ1v) is 10.8. The molecule has 1 aromatic heterocycles. The van der Waals surface area contributed by atoms with Crippen molar-refractivity contribution in [3.63, 3.8) is 0 Å². The number of anilines is 2. The van der Waals surface area contributed by atoms with Crippen LogP contribution in [0.5, 0.6) is 0 Å². The van der Waals surface area contributed by atoms with Crippen LogP contribution in [-0.4, -0.2) is 43.2 Å². The van der Waals surface area contributed by atoms with Crippen LogP contribution in [-0.2, 0) is 6.54 Å². The predicted molar refractivity (Wildman–Crippen MR) is 117 cm³/mol. The molecule has 2 aromatic rings. The van der Waals surface area contributed by atoms with Gasteiger partial charge in [-0.1, -0.05) is 6.07 Å². The number of amides is 2. The zero-order valence-electron chi connectivity index (χ0n) is 17.5. The Morgan fingerprint density at radius 2 is 1.93 bits per heavy atom. The van der Waals surface area contributed by atoms with E-state index < -0.39 is 0 Å². The Morgan fingerprint density at radius 1 is 1.13 bits per heavy atom. The van der Waals surface area contributed by atoms with Crippen LogP contribution in [0.3, 0.4) is 0 Å². The molecule has 30 heavy (non-hydrogen) atoms. The Kier molecular flexibility index (Phi) is 6.35. The van der Waals surface area contributed by atoms with E-state index >= 15 is 0 Å². The first-order chi connectivity index (χ1) is 14.6. The van der Waals surface area contributed by atoms with Gasteiger partial charge in [0.25, 0.3) is 0 Å². The number of aryl methyl sites for hydroxylation is 1. The molecule has 2 N–H and O–H groups in total. The summed E-state index contributed by atoms with van der Waals surface area (Å²) in [5.41, 5.74) is 2.69. The fourth-order valence-corrected chi connectivity index (χ4v) is 4.29. The van der Waals surface area contributed by atoms with Gasteiger partial charge in [0, 0.05) is 45.0 Å². The number of aromatic nitrogens is 1. The molecule has 0 aliphatic carbocycles. The van der Waals surface area contributed by atoms with Crippen LogP contribution in [0.4, 0.5) is 20.7 Å². The molecular weight excluding hydrogens is 381 g/mol. The van der Waals surface area contributed by atoms with E-state index in [1.54, 1.807) is 12.3 Å². The average Bonchev–Trinajstić information content (AvgIpc) is 3.29. The minimum Gasteiger partial charge on any atom is -0.367 e. The maximum absolute atomic E-state index is 14.2. The number of piperidine rings is 1. The first kappa shape index (κ1) is 20.4. The van der Waals surface area contributed by atoms with E-state index in [0.717, 1.165) is 49.4 Å². The highest BCUT2D eigenvalue weighted by atomic mass is 19.1. The Bertz CT molecular complexity index is 884. The van der Waals surface area contributed by atoms with Crippen LogP contribution in [0.1, 0.15) is 36.8 Å². The highest BCUT2D eigenvalue weighted by Crippen LogP contribution is 2.24. The Labute approximate surface area is 177 Å². The third-order valence-corrected chi connectivity index (χ3v) is 5.89. The lowest BCUT2D eigenvalue weighted by Crippen LogP contribution is -2.50. The molecule has 0 bridgehead atoms. The highest BCUT2D eigenvalue weighted by Gasteiger charge is 2.23. The number of nitrogens with zero attached hydrogens (tertiary/aromatic N) is 3. The number of urea groups is 1. The van der Waals surface area contributed by atoms with Crippen molar-refractivity contribution < 1.29 is 9.18 Å². The summed E-state index contributed by atoms with van der Waals surface area (Å²) in [6.07, 6.45) is 6.03. The first-order valence-electron chi connectivity index (χ1n) is 10.8. The maximum Gasteiger partial charge on any atom is 0.315 e. The molecule has 2 saturated heterocycles. The average molecular weight is 412 g/mol. The molecule has 1 unspecified atom stereocenters. The van der Waals surface area contributed by atoms with Gasteiger partial charge < -0.3 is 20.4 Å². The summed E-state index contributed by atoms with van der Waals surface area (Å²) in [5, 5.41) is 6.00. The molecular formula is C23H30FN5O. The summed E-state index contributed by atoms with van der Waals surface area (Å²) in [5.74, 6) is 0.771. The van der Waals surface area contributed by atoms with Gasteiger partial charge >= 0.3 is 6.03 Å². The highest BCUT2D eigenvalue weighted by molar-refractivity contribution is 5.74. The van der Waals surface area contributed by atoms with Crippen LogP contribution < -0.4 is 20.4 Å². The second-order valence-electron chi connectivity index (χ2n) is 8.28. The molecule has 1 aromatic carbocycles. The van der Waals surface area contributed by atoms with E-state index in [9.17, 15) is 9.18 Å². The molecule has 0 spiro atoms. The van der Waals surface area contributed by atoms with Crippen molar-refractivity contribution in [1.29, 1.82) is 0 Å². The van der Waals surface area contributed by atoms with Gasteiger partial charge in [-0.05, 0) is 68.0 Å². The third kappa shape index (κ3) is 5.01. The summed E-state index contributed by atoms with van der Waals surface area (Å²) in [6.45, 7) is 5.93. The quantitative estimate of drug-likeness (QED) is 0.789. The van der Waals surface area contributed by atoms with E-state index in [4.69, 9.17) is 0 Å². The Morgan fingerprint density at radius 3 is 2.77 bits per heavy atom. The van der Waals surface area contributed by atoms with Crippen LogP contribution in [0, 0.1) is 12.7 Å². The standard InChI is InChI=1S/C23H30FN5O/c1-17-6-7-20(24)21(13-17)29-12-4-5-19(16-29)27-23(30)26-15-18-8-9-25-22(14-18)28-10-2-3-11-28/h6-9,13-14,19H,2-5,10-12,15-16H2,1H3,(H2,26,27,30). The van der Waals surface area contributed by atoms with Gasteiger partial charge in [-0.3, -0.25) is 0 Å². The number of pyridine rings is 1. The molecule has 2 fully saturated rings. The molecule has 2 aliphatic rings. The molecule has 7 heteroatoms. The van der Waals surface area contributed by atoms with E-state index in [1.165, 1.54) is 18.9 Å². The van der Waals surface area contributed by atoms with Crippen LogP contribution in [0.2, 0.25) is 0 Å². The van der Waals surface area contributed by atoms with Crippen molar-refractivity contribution in [3.05, 3.63) is 53.5 Å². The fourth-order valence-electron chi connectivity index (χ4n) is 4.29. The van der Waals surface area contributed by atoms with Gasteiger partial charge in [-0.15, -0.1) is 0 Å². The summed E-state index contributed by atoms with van der Waals surface area (Å²) >= 11 is 0. The zero-order chi connectivity index (χ0) is 20.9. The fraction of sp³-hybridized carbons (Fsp3) is 0.478. The van der Waals surface area contributed by atoms with E-state index in [2.05, 4.69) is 26.6 Å². The lowest BCUT2D eigenvalue weighted by atomic mass is 10.0. The lowest BCUT2D eigenvalue weighted by Gasteiger charge is -2.35. The summed E-state index contributed by atoms with van der Waals surface area (Å²) in [4.78, 5) is 21.2. The molecule has 2 aliphatic heterocycles. The van der Waals surface area contributed by atoms with Crippen LogP contribution in [0.15, 0.2) is 36.5 Å². The number of halogens is 1. The molecule has 0 radical (unpaired) electrons. The molecule has 0 saturated carbocycles. The monoisotopic (exact) mass is 411 g/mol. The Balaban J connectivity index is 1.30. The van der Waals surface area contributed by atoms with Crippen molar-refractivity contribution in [1.82, 2.24) is 15.6 Å². The summed E-state index contributed by atoms with van der Waals surface area (Å²) in [7, 11) is 0. The molecule has 4 rings (SSSR count). The number of hydrogen-bond acceptors (Lipinski definition) is 4. The van der Waals surface area contributed by atoms with Gasteiger partial charge in [-0.25, -0.2) is 14.2 Å². The van der Waals surface area contributed by atoms with Crippen molar-refractivity contribution >= 4 is 17.5 Å². The molecule has 160 valence electrons. The summed E-state index contributed by atoms with van der Waals surface area (Å²) < 4.78 is 14.2. The lowest BCUT2D eigenvalue weighted by molar-refractivity contribution is 0.234. The van der Waals surface area contributed by atoms with Gasteiger partial charge in [0.2, 0.25) is 0 Å². The van der Waals surface area contributed by atoms with Crippen molar-refractivity contribution in [2.75, 3.05) is 36.0 Å². The van der Waals surface area contributed by atoms with E-state index in [0.29, 0.717) is 18.8 Å². The molecule has 6 nitrogen and oxygen atoms in total. The van der Waals surface area contributed by atoms with Gasteiger partial charge in [-0.2, -0.15) is 0 Å². The molecule has 1 atom stereocenters. The van der Waals surface area contributed by atoms with Crippen LogP contribution in [0.25, 0.3) is 0 Å². The topological polar surface area (TPSA) is 60.5 Å². The number of rotatable bonds is 5. The smallest absolute Gasteiger partial charge is 0.315 e. The second-order valence-corrected chi connectivity index (χ2v) is 8.28. The number of carbonyl (C=O) groups is 1. The van der Waals surface area contributed by atoms with Gasteiger partial charge in [0.15, 0.2) is 0 Å². The number of hydrogen-bond donors (Lipinski definition) is 2. The number of nitrogens with one attached hydrogen (secondary N) is 2. The van der Waals surface area contributed by atoms with Gasteiger partial charge in [0.1, 0.15) is 11.6 Å². The van der Waals surface area contributed by atoms with Crippen molar-refractivity contribution in [2.24, 2.45) is 0 Å². The molecule has 3 heterocycles. The third-order valence-electron chi connectivity index (χ3n) is 5.89. The van der Waals surface area contributed by atoms with Gasteiger partial charge in [0.05, 0.1) is 5.69 Å². The summed E-state index contributed by atoms with van der Waals surface area (Å²) in [6, 6.07) is 8.96.